The molecule has 0 bridgehead atoms. The molecule has 1 fully saturated rings. The first-order valence-electron chi connectivity index (χ1n) is 7.75. The van der Waals surface area contributed by atoms with Gasteiger partial charge in [-0.25, -0.2) is 4.79 Å². The molecule has 0 spiro atoms. The van der Waals surface area contributed by atoms with Gasteiger partial charge in [0, 0.05) is 17.6 Å². The fraction of sp³-hybridized carbons (Fsp3) is 0.500. The molecule has 4 heteroatoms. The van der Waals surface area contributed by atoms with Crippen LogP contribution in [0.1, 0.15) is 39.2 Å². The average Bonchev–Trinajstić information content (AvgIpc) is 2.44. The normalized spacial score (nSPS) is 17.0. The van der Waals surface area contributed by atoms with Crippen LogP contribution in [-0.2, 0) is 4.74 Å². The molecule has 1 heterocycles. The molecule has 22 heavy (non-hydrogen) atoms. The van der Waals surface area contributed by atoms with Gasteiger partial charge in [0.05, 0.1) is 0 Å². The maximum atomic E-state index is 12.0. The molecule has 0 aliphatic carbocycles. The van der Waals surface area contributed by atoms with Crippen molar-refractivity contribution in [2.45, 2.75) is 39.2 Å². The molecule has 1 saturated heterocycles. The van der Waals surface area contributed by atoms with Crippen LogP contribution < -0.4 is 0 Å². The molecule has 0 saturated carbocycles. The summed E-state index contributed by atoms with van der Waals surface area (Å²) in [5.41, 5.74) is 0.776. The predicted molar refractivity (Wildman–Crippen MR) is 93.7 cm³/mol. The Kier molecular flexibility index (Phi) is 5.68. The molecule has 1 aliphatic rings. The van der Waals surface area contributed by atoms with Crippen LogP contribution in [0.5, 0.6) is 0 Å². The zero-order valence-electron chi connectivity index (χ0n) is 13.5. The Morgan fingerprint density at radius 1 is 1.32 bits per heavy atom. The molecule has 0 N–H and O–H groups in total. The van der Waals surface area contributed by atoms with Crippen molar-refractivity contribution in [2.75, 3.05) is 13.1 Å². The maximum absolute atomic E-state index is 12.0. The van der Waals surface area contributed by atoms with Gasteiger partial charge in [-0.1, -0.05) is 40.2 Å². The van der Waals surface area contributed by atoms with E-state index in [1.807, 2.05) is 37.8 Å². The van der Waals surface area contributed by atoms with Gasteiger partial charge in [-0.3, -0.25) is 0 Å². The lowest BCUT2D eigenvalue weighted by Gasteiger charge is -2.32. The summed E-state index contributed by atoms with van der Waals surface area (Å²) in [4.78, 5) is 13.8. The number of carbonyl (C=O) groups is 1. The first kappa shape index (κ1) is 17.1. The van der Waals surface area contributed by atoms with Crippen LogP contribution in [0.25, 0.3) is 6.08 Å². The van der Waals surface area contributed by atoms with Crippen molar-refractivity contribution in [3.05, 3.63) is 40.4 Å². The summed E-state index contributed by atoms with van der Waals surface area (Å²) in [6.07, 6.45) is 6.21. The molecule has 1 aromatic carbocycles. The third-order valence-electron chi connectivity index (χ3n) is 3.60. The molecular formula is C18H24BrNO2. The number of amides is 1. The molecule has 1 aromatic rings. The lowest BCUT2D eigenvalue weighted by atomic mass is 9.96. The van der Waals surface area contributed by atoms with Crippen molar-refractivity contribution in [3.8, 4) is 0 Å². The minimum absolute atomic E-state index is 0.193. The summed E-state index contributed by atoms with van der Waals surface area (Å²) in [6, 6.07) is 8.26. The summed E-state index contributed by atoms with van der Waals surface area (Å²) in [6.45, 7) is 7.24. The molecule has 0 radical (unpaired) electrons. The number of benzene rings is 1. The maximum Gasteiger partial charge on any atom is 0.410 e. The molecule has 0 aromatic heterocycles. The first-order chi connectivity index (χ1) is 10.3. The Hall–Kier alpha value is -1.29. The van der Waals surface area contributed by atoms with E-state index in [0.717, 1.165) is 30.4 Å². The van der Waals surface area contributed by atoms with Crippen molar-refractivity contribution in [3.63, 3.8) is 0 Å². The van der Waals surface area contributed by atoms with Crippen LogP contribution in [0.4, 0.5) is 4.79 Å². The summed E-state index contributed by atoms with van der Waals surface area (Å²) < 4.78 is 6.51. The van der Waals surface area contributed by atoms with Crippen molar-refractivity contribution in [1.82, 2.24) is 4.90 Å². The number of likely N-dealkylation sites (tertiary alicyclic amines) is 1. The highest BCUT2D eigenvalue weighted by atomic mass is 79.9. The van der Waals surface area contributed by atoms with Crippen molar-refractivity contribution < 1.29 is 9.53 Å². The number of nitrogens with zero attached hydrogens (tertiary/aromatic N) is 1. The van der Waals surface area contributed by atoms with E-state index in [2.05, 4.69) is 40.2 Å². The molecule has 0 atom stereocenters. The summed E-state index contributed by atoms with van der Waals surface area (Å²) in [7, 11) is 0. The number of piperidine rings is 1. The zero-order chi connectivity index (χ0) is 16.2. The summed E-state index contributed by atoms with van der Waals surface area (Å²) in [5.74, 6) is 0.526. The van der Waals surface area contributed by atoms with Crippen LogP contribution in [0, 0.1) is 5.92 Å². The minimum Gasteiger partial charge on any atom is -0.444 e. The quantitative estimate of drug-likeness (QED) is 0.728. The van der Waals surface area contributed by atoms with Gasteiger partial charge in [0.2, 0.25) is 0 Å². The standard InChI is InChI=1S/C18H24BrNO2/c1-18(2,3)22-17(21)20-11-9-14(10-12-20)7-8-15-5-4-6-16(19)13-15/h4-8,13-14H,9-12H2,1-3H3. The zero-order valence-corrected chi connectivity index (χ0v) is 15.1. The number of halogens is 1. The van der Waals surface area contributed by atoms with Gasteiger partial charge in [-0.05, 0) is 57.2 Å². The highest BCUT2D eigenvalue weighted by molar-refractivity contribution is 9.10. The Morgan fingerprint density at radius 2 is 2.00 bits per heavy atom. The summed E-state index contributed by atoms with van der Waals surface area (Å²) in [5, 5.41) is 0. The Bertz CT molecular complexity index is 540. The highest BCUT2D eigenvalue weighted by Crippen LogP contribution is 2.22. The second kappa shape index (κ2) is 7.32. The van der Waals surface area contributed by atoms with Crippen LogP contribution in [0.3, 0.4) is 0 Å². The fourth-order valence-corrected chi connectivity index (χ4v) is 2.88. The topological polar surface area (TPSA) is 29.5 Å². The van der Waals surface area contributed by atoms with Crippen molar-refractivity contribution >= 4 is 28.1 Å². The molecule has 0 unspecified atom stereocenters. The van der Waals surface area contributed by atoms with E-state index in [1.165, 1.54) is 5.56 Å². The number of rotatable bonds is 2. The third-order valence-corrected chi connectivity index (χ3v) is 4.09. The second-order valence-electron chi connectivity index (χ2n) is 6.72. The van der Waals surface area contributed by atoms with Crippen LogP contribution in [0.15, 0.2) is 34.8 Å². The van der Waals surface area contributed by atoms with Crippen LogP contribution in [0.2, 0.25) is 0 Å². The third kappa shape index (κ3) is 5.48. The van der Waals surface area contributed by atoms with Gasteiger partial charge in [-0.2, -0.15) is 0 Å². The lowest BCUT2D eigenvalue weighted by molar-refractivity contribution is 0.0197. The van der Waals surface area contributed by atoms with E-state index < -0.39 is 5.60 Å². The Balaban J connectivity index is 1.83. The second-order valence-corrected chi connectivity index (χ2v) is 7.63. The van der Waals surface area contributed by atoms with E-state index in [1.54, 1.807) is 0 Å². The average molecular weight is 366 g/mol. The molecule has 1 amide bonds. The molecule has 1 aliphatic heterocycles. The number of hydrogen-bond acceptors (Lipinski definition) is 2. The van der Waals surface area contributed by atoms with Gasteiger partial charge >= 0.3 is 6.09 Å². The molecule has 2 rings (SSSR count). The van der Waals surface area contributed by atoms with Crippen molar-refractivity contribution in [2.24, 2.45) is 5.92 Å². The molecule has 3 nitrogen and oxygen atoms in total. The smallest absolute Gasteiger partial charge is 0.410 e. The van der Waals surface area contributed by atoms with Crippen LogP contribution in [-0.4, -0.2) is 29.7 Å². The van der Waals surface area contributed by atoms with E-state index in [0.29, 0.717) is 5.92 Å². The Morgan fingerprint density at radius 3 is 2.59 bits per heavy atom. The Labute approximate surface area is 141 Å². The van der Waals surface area contributed by atoms with E-state index in [4.69, 9.17) is 4.74 Å². The lowest BCUT2D eigenvalue weighted by Crippen LogP contribution is -2.41. The first-order valence-corrected chi connectivity index (χ1v) is 8.54. The van der Waals surface area contributed by atoms with E-state index >= 15 is 0 Å². The van der Waals surface area contributed by atoms with Gasteiger partial charge in [0.25, 0.3) is 0 Å². The molecular weight excluding hydrogens is 342 g/mol. The van der Waals surface area contributed by atoms with Crippen LogP contribution >= 0.6 is 15.9 Å². The number of allylic oxidation sites excluding steroid dienone is 1. The van der Waals surface area contributed by atoms with Gasteiger partial charge < -0.3 is 9.64 Å². The van der Waals surface area contributed by atoms with E-state index in [9.17, 15) is 4.79 Å². The number of carbonyl (C=O) groups excluding carboxylic acids is 1. The fourth-order valence-electron chi connectivity index (χ4n) is 2.46. The summed E-state index contributed by atoms with van der Waals surface area (Å²) >= 11 is 3.48. The largest absolute Gasteiger partial charge is 0.444 e. The van der Waals surface area contributed by atoms with E-state index in [-0.39, 0.29) is 6.09 Å². The number of hydrogen-bond donors (Lipinski definition) is 0. The molecule has 120 valence electrons. The van der Waals surface area contributed by atoms with Gasteiger partial charge in [0.1, 0.15) is 5.60 Å². The van der Waals surface area contributed by atoms with Crippen molar-refractivity contribution in [1.29, 1.82) is 0 Å². The SMILES string of the molecule is CC(C)(C)OC(=O)N1CCC(C=Cc2cccc(Br)c2)CC1. The highest BCUT2D eigenvalue weighted by Gasteiger charge is 2.25. The van der Waals surface area contributed by atoms with Gasteiger partial charge in [-0.15, -0.1) is 0 Å². The van der Waals surface area contributed by atoms with Gasteiger partial charge in [0.15, 0.2) is 0 Å². The minimum atomic E-state index is -0.422. The number of ether oxygens (including phenoxy) is 1. The predicted octanol–water partition coefficient (Wildman–Crippen LogP) is 5.11. The monoisotopic (exact) mass is 365 g/mol.